The lowest BCUT2D eigenvalue weighted by molar-refractivity contribution is -0.115. The average molecular weight is 497 g/mol. The van der Waals surface area contributed by atoms with Gasteiger partial charge in [0.2, 0.25) is 15.9 Å². The molecule has 1 N–H and O–H groups in total. The number of nitrogens with one attached hydrogen (secondary N) is 1. The van der Waals surface area contributed by atoms with E-state index in [0.717, 1.165) is 35.5 Å². The lowest BCUT2D eigenvalue weighted by atomic mass is 10.1. The van der Waals surface area contributed by atoms with Crippen LogP contribution in [0.1, 0.15) is 32.0 Å². The van der Waals surface area contributed by atoms with Crippen molar-refractivity contribution in [2.75, 3.05) is 18.4 Å². The molecule has 2 heterocycles. The Balaban J connectivity index is 1.41. The van der Waals surface area contributed by atoms with E-state index in [1.165, 1.54) is 16.1 Å². The minimum absolute atomic E-state index is 0.186. The van der Waals surface area contributed by atoms with E-state index in [2.05, 4.69) is 15.3 Å². The zero-order valence-electron chi connectivity index (χ0n) is 19.3. The summed E-state index contributed by atoms with van der Waals surface area (Å²) in [5.41, 5.74) is 2.36. The number of nitrogens with zero attached hydrogens (tertiary/aromatic N) is 3. The largest absolute Gasteiger partial charge is 0.325 e. The van der Waals surface area contributed by atoms with Crippen molar-refractivity contribution in [3.63, 3.8) is 0 Å². The molecule has 178 valence electrons. The maximum atomic E-state index is 12.8. The number of thioether (sulfide) groups is 1. The highest BCUT2D eigenvalue weighted by atomic mass is 32.2. The van der Waals surface area contributed by atoms with Crippen LogP contribution in [-0.2, 0) is 14.8 Å². The number of benzene rings is 2. The smallest absolute Gasteiger partial charge is 0.243 e. The van der Waals surface area contributed by atoms with E-state index in [1.807, 2.05) is 50.2 Å². The fourth-order valence-corrected chi connectivity index (χ4v) is 6.21. The molecule has 1 aliphatic rings. The van der Waals surface area contributed by atoms with Crippen LogP contribution >= 0.6 is 11.8 Å². The van der Waals surface area contributed by atoms with Crippen molar-refractivity contribution in [3.05, 3.63) is 66.5 Å². The summed E-state index contributed by atoms with van der Waals surface area (Å²) in [5.74, 6) is 0.455. The molecule has 1 unspecified atom stereocenters. The van der Waals surface area contributed by atoms with E-state index >= 15 is 0 Å². The van der Waals surface area contributed by atoms with Gasteiger partial charge in [-0.2, -0.15) is 4.31 Å². The van der Waals surface area contributed by atoms with Crippen LogP contribution in [0, 0.1) is 6.92 Å². The third-order valence-electron chi connectivity index (χ3n) is 5.63. The van der Waals surface area contributed by atoms with Crippen LogP contribution in [0.4, 0.5) is 5.69 Å². The summed E-state index contributed by atoms with van der Waals surface area (Å²) in [7, 11) is -3.49. The summed E-state index contributed by atoms with van der Waals surface area (Å²) in [6.07, 6.45) is 2.85. The van der Waals surface area contributed by atoms with E-state index < -0.39 is 15.3 Å². The van der Waals surface area contributed by atoms with Crippen LogP contribution in [0.15, 0.2) is 70.6 Å². The van der Waals surface area contributed by atoms with Gasteiger partial charge >= 0.3 is 0 Å². The van der Waals surface area contributed by atoms with Gasteiger partial charge < -0.3 is 5.32 Å². The Labute approximate surface area is 205 Å². The zero-order valence-corrected chi connectivity index (χ0v) is 20.9. The number of aromatic nitrogens is 2. The van der Waals surface area contributed by atoms with Gasteiger partial charge in [-0.3, -0.25) is 4.79 Å². The molecule has 7 nitrogen and oxygen atoms in total. The zero-order chi connectivity index (χ0) is 24.1. The van der Waals surface area contributed by atoms with Gasteiger partial charge in [-0.25, -0.2) is 18.4 Å². The van der Waals surface area contributed by atoms with Crippen molar-refractivity contribution in [1.82, 2.24) is 14.3 Å². The number of amides is 1. The second-order valence-corrected chi connectivity index (χ2v) is 11.5. The van der Waals surface area contributed by atoms with Crippen LogP contribution in [-0.4, -0.2) is 46.9 Å². The van der Waals surface area contributed by atoms with E-state index in [4.69, 9.17) is 0 Å². The molecular formula is C25H28N4O3S2. The molecule has 2 aromatic carbocycles. The highest BCUT2D eigenvalue weighted by molar-refractivity contribution is 8.00. The van der Waals surface area contributed by atoms with Gasteiger partial charge in [-0.15, -0.1) is 0 Å². The molecule has 1 aliphatic heterocycles. The lowest BCUT2D eigenvalue weighted by Crippen LogP contribution is -2.35. The summed E-state index contributed by atoms with van der Waals surface area (Å²) in [5, 5.41) is 3.18. The first-order chi connectivity index (χ1) is 16.3. The molecule has 34 heavy (non-hydrogen) atoms. The molecule has 0 aliphatic carbocycles. The molecule has 1 fully saturated rings. The van der Waals surface area contributed by atoms with Crippen LogP contribution in [0.25, 0.3) is 11.3 Å². The first-order valence-corrected chi connectivity index (χ1v) is 13.6. The molecule has 1 amide bonds. The number of carbonyl (C=O) groups excluding carboxylic acids is 1. The Hall–Kier alpha value is -2.75. The SMILES string of the molecule is Cc1nc(SC(C)C(=O)Nc2ccc(S(=O)(=O)N3CCCCC3)cc2)cc(-c2ccccc2)n1. The summed E-state index contributed by atoms with van der Waals surface area (Å²) in [4.78, 5) is 22.0. The number of carbonyl (C=O) groups is 1. The standard InChI is InChI=1S/C25H28N4O3S2/c1-18(33-24-17-23(26-19(2)27-24)20-9-5-3-6-10-20)25(30)28-21-11-13-22(14-12-21)34(31,32)29-15-7-4-8-16-29/h3,5-6,9-14,17-18H,4,7-8,15-16H2,1-2H3,(H,28,30). The monoisotopic (exact) mass is 496 g/mol. The number of piperidine rings is 1. The van der Waals surface area contributed by atoms with Crippen LogP contribution in [0.2, 0.25) is 0 Å². The Morgan fingerprint density at radius 1 is 1.00 bits per heavy atom. The normalized spacial score (nSPS) is 15.6. The van der Waals surface area contributed by atoms with Crippen LogP contribution in [0.5, 0.6) is 0 Å². The predicted octanol–water partition coefficient (Wildman–Crippen LogP) is 4.75. The Morgan fingerprint density at radius 2 is 1.68 bits per heavy atom. The van der Waals surface area contributed by atoms with Gasteiger partial charge in [0, 0.05) is 24.3 Å². The van der Waals surface area contributed by atoms with Crippen molar-refractivity contribution in [2.24, 2.45) is 0 Å². The van der Waals surface area contributed by atoms with Gasteiger partial charge in [-0.05, 0) is 57.0 Å². The van der Waals surface area contributed by atoms with Crippen molar-refractivity contribution in [2.45, 2.75) is 48.3 Å². The minimum atomic E-state index is -3.49. The van der Waals surface area contributed by atoms with Crippen molar-refractivity contribution in [1.29, 1.82) is 0 Å². The second kappa shape index (κ2) is 10.7. The summed E-state index contributed by atoms with van der Waals surface area (Å²) >= 11 is 1.35. The highest BCUT2D eigenvalue weighted by Crippen LogP contribution is 2.27. The predicted molar refractivity (Wildman–Crippen MR) is 135 cm³/mol. The number of hydrogen-bond acceptors (Lipinski definition) is 6. The molecule has 1 aromatic heterocycles. The molecule has 0 saturated carbocycles. The van der Waals surface area contributed by atoms with Crippen molar-refractivity contribution >= 4 is 33.4 Å². The van der Waals surface area contributed by atoms with Gasteiger partial charge in [0.1, 0.15) is 10.9 Å². The fraction of sp³-hybridized carbons (Fsp3) is 0.320. The molecular weight excluding hydrogens is 468 g/mol. The van der Waals surface area contributed by atoms with Crippen LogP contribution in [0.3, 0.4) is 0 Å². The van der Waals surface area contributed by atoms with Crippen molar-refractivity contribution in [3.8, 4) is 11.3 Å². The van der Waals surface area contributed by atoms with Gasteiger partial charge in [0.25, 0.3) is 0 Å². The first-order valence-electron chi connectivity index (χ1n) is 11.3. The van der Waals surface area contributed by atoms with Crippen LogP contribution < -0.4 is 5.32 Å². The number of rotatable bonds is 7. The fourth-order valence-electron chi connectivity index (χ4n) is 3.80. The summed E-state index contributed by atoms with van der Waals surface area (Å²) < 4.78 is 27.2. The van der Waals surface area contributed by atoms with E-state index in [9.17, 15) is 13.2 Å². The minimum Gasteiger partial charge on any atom is -0.325 e. The molecule has 0 bridgehead atoms. The molecule has 0 spiro atoms. The maximum absolute atomic E-state index is 12.8. The quantitative estimate of drug-likeness (QED) is 0.375. The van der Waals surface area contributed by atoms with E-state index in [1.54, 1.807) is 24.3 Å². The van der Waals surface area contributed by atoms with Gasteiger partial charge in [0.05, 0.1) is 15.8 Å². The topological polar surface area (TPSA) is 92.3 Å². The molecule has 1 atom stereocenters. The second-order valence-electron chi connectivity index (χ2n) is 8.24. The molecule has 4 rings (SSSR count). The van der Waals surface area contributed by atoms with E-state index in [-0.39, 0.29) is 10.8 Å². The van der Waals surface area contributed by atoms with Crippen molar-refractivity contribution < 1.29 is 13.2 Å². The van der Waals surface area contributed by atoms with Gasteiger partial charge in [0.15, 0.2) is 0 Å². The Morgan fingerprint density at radius 3 is 2.35 bits per heavy atom. The number of sulfonamides is 1. The summed E-state index contributed by atoms with van der Waals surface area (Å²) in [6, 6.07) is 18.1. The average Bonchev–Trinajstić information content (AvgIpc) is 2.85. The number of anilines is 1. The Bertz CT molecular complexity index is 1240. The lowest BCUT2D eigenvalue weighted by Gasteiger charge is -2.25. The first kappa shape index (κ1) is 24.4. The molecule has 9 heteroatoms. The van der Waals surface area contributed by atoms with E-state index in [0.29, 0.717) is 24.6 Å². The van der Waals surface area contributed by atoms with Gasteiger partial charge in [-0.1, -0.05) is 48.5 Å². The third kappa shape index (κ3) is 5.84. The molecule has 0 radical (unpaired) electrons. The molecule has 3 aromatic rings. The number of hydrogen-bond donors (Lipinski definition) is 1. The maximum Gasteiger partial charge on any atom is 0.243 e. The third-order valence-corrected chi connectivity index (χ3v) is 8.56. The molecule has 1 saturated heterocycles. The number of aryl methyl sites for hydroxylation is 1. The summed E-state index contributed by atoms with van der Waals surface area (Å²) in [6.45, 7) is 4.77. The Kier molecular flexibility index (Phi) is 7.65. The highest BCUT2D eigenvalue weighted by Gasteiger charge is 2.26.